The van der Waals surface area contributed by atoms with Crippen LogP contribution in [0.15, 0.2) is 72.8 Å². The number of aliphatic hydroxyl groups excluding tert-OH is 2. The van der Waals surface area contributed by atoms with Crippen molar-refractivity contribution in [3.63, 3.8) is 0 Å². The van der Waals surface area contributed by atoms with Crippen molar-refractivity contribution in [3.05, 3.63) is 89.5 Å². The average Bonchev–Trinajstić information content (AvgIpc) is 3.04. The molecule has 2 amide bonds. The molecule has 0 bridgehead atoms. The number of hydrogen-bond donors (Lipinski definition) is 4. The van der Waals surface area contributed by atoms with Crippen LogP contribution in [0.2, 0.25) is 0 Å². The molecule has 11 heteroatoms. The van der Waals surface area contributed by atoms with E-state index in [0.717, 1.165) is 48.8 Å². The fourth-order valence-electron chi connectivity index (χ4n) is 5.44. The third-order valence-electron chi connectivity index (χ3n) is 7.92. The molecule has 1 aliphatic carbocycles. The molecule has 0 radical (unpaired) electrons. The number of nitrogens with one attached hydrogen (secondary N) is 1. The van der Waals surface area contributed by atoms with Crippen molar-refractivity contribution in [2.45, 2.75) is 63.6 Å². The van der Waals surface area contributed by atoms with Gasteiger partial charge in [-0.3, -0.25) is 4.79 Å². The minimum Gasteiger partial charge on any atom is -0.490 e. The molecule has 10 nitrogen and oxygen atoms in total. The molecule has 0 saturated heterocycles. The number of ether oxygens (including phenoxy) is 1. The Morgan fingerprint density at radius 1 is 0.933 bits per heavy atom. The molecule has 45 heavy (non-hydrogen) atoms. The lowest BCUT2D eigenvalue weighted by atomic mass is 9.97. The van der Waals surface area contributed by atoms with Crippen LogP contribution in [0.4, 0.5) is 4.79 Å². The minimum absolute atomic E-state index is 0.00778. The Kier molecular flexibility index (Phi) is 12.4. The fraction of sp³-hybridized carbons (Fsp3) is 0.412. The first-order valence-corrected chi connectivity index (χ1v) is 17.1. The summed E-state index contributed by atoms with van der Waals surface area (Å²) in [5.74, 6) is -0.806. The van der Waals surface area contributed by atoms with Gasteiger partial charge in [0.05, 0.1) is 30.1 Å². The summed E-state index contributed by atoms with van der Waals surface area (Å²) in [6.07, 6.45) is 4.12. The van der Waals surface area contributed by atoms with Gasteiger partial charge in [-0.1, -0.05) is 67.1 Å². The molecule has 0 aromatic heterocycles. The lowest BCUT2D eigenvalue weighted by Crippen LogP contribution is -2.34. The molecule has 0 aliphatic heterocycles. The summed E-state index contributed by atoms with van der Waals surface area (Å²) in [5, 5.41) is 29.1. The van der Waals surface area contributed by atoms with Gasteiger partial charge >= 0.3 is 6.09 Å². The number of aliphatic hydroxyl groups is 2. The van der Waals surface area contributed by atoms with Crippen LogP contribution >= 0.6 is 0 Å². The molecule has 1 atom stereocenters. The number of carbonyl (C=O) groups excluding carboxylic acids is 1. The number of benzene rings is 3. The molecule has 4 rings (SSSR count). The Bertz CT molecular complexity index is 1510. The smallest absolute Gasteiger partial charge is 0.407 e. The Balaban J connectivity index is 1.42. The monoisotopic (exact) mass is 638 g/mol. The maximum atomic E-state index is 13.0. The van der Waals surface area contributed by atoms with Crippen molar-refractivity contribution in [2.24, 2.45) is 0 Å². The number of aryl methyl sites for hydroxylation is 1. The molecule has 0 heterocycles. The summed E-state index contributed by atoms with van der Waals surface area (Å²) in [6, 6.07) is 21.9. The van der Waals surface area contributed by atoms with Gasteiger partial charge in [-0.25, -0.2) is 17.9 Å². The van der Waals surface area contributed by atoms with Crippen LogP contribution in [0.1, 0.15) is 72.5 Å². The van der Waals surface area contributed by atoms with Gasteiger partial charge in [0.2, 0.25) is 10.0 Å². The van der Waals surface area contributed by atoms with Crippen LogP contribution in [0.3, 0.4) is 0 Å². The van der Waals surface area contributed by atoms with E-state index in [1.807, 2.05) is 30.3 Å². The Hall–Kier alpha value is -3.93. The van der Waals surface area contributed by atoms with Crippen LogP contribution in [0.25, 0.3) is 11.1 Å². The van der Waals surface area contributed by atoms with Gasteiger partial charge in [-0.2, -0.15) is 0 Å². The maximum absolute atomic E-state index is 13.0. The molecule has 242 valence electrons. The summed E-state index contributed by atoms with van der Waals surface area (Å²) in [7, 11) is -3.91. The van der Waals surface area contributed by atoms with Crippen molar-refractivity contribution < 1.29 is 38.1 Å². The highest BCUT2D eigenvalue weighted by molar-refractivity contribution is 7.90. The summed E-state index contributed by atoms with van der Waals surface area (Å²) >= 11 is 0. The van der Waals surface area contributed by atoms with Gasteiger partial charge in [0.25, 0.3) is 5.91 Å². The molecule has 0 unspecified atom stereocenters. The Labute approximate surface area is 264 Å². The van der Waals surface area contributed by atoms with E-state index >= 15 is 0 Å². The molecular formula is C34H42N2O8S. The molecule has 4 N–H and O–H groups in total. The van der Waals surface area contributed by atoms with Gasteiger partial charge in [0.1, 0.15) is 5.75 Å². The number of carboxylic acid groups (broad SMARTS) is 1. The van der Waals surface area contributed by atoms with Crippen LogP contribution < -0.4 is 9.46 Å². The first-order chi connectivity index (χ1) is 21.6. The van der Waals surface area contributed by atoms with Crippen LogP contribution in [0.5, 0.6) is 5.75 Å². The van der Waals surface area contributed by atoms with Gasteiger partial charge in [-0.05, 0) is 79.3 Å². The molecular weight excluding hydrogens is 596 g/mol. The predicted molar refractivity (Wildman–Crippen MR) is 172 cm³/mol. The second-order valence-electron chi connectivity index (χ2n) is 11.4. The Morgan fingerprint density at radius 2 is 1.62 bits per heavy atom. The van der Waals surface area contributed by atoms with E-state index < -0.39 is 28.1 Å². The van der Waals surface area contributed by atoms with Crippen molar-refractivity contribution in [3.8, 4) is 16.9 Å². The van der Waals surface area contributed by atoms with E-state index in [1.165, 1.54) is 4.90 Å². The van der Waals surface area contributed by atoms with Crippen molar-refractivity contribution in [1.82, 2.24) is 9.62 Å². The zero-order chi connectivity index (χ0) is 32.2. The van der Waals surface area contributed by atoms with Gasteiger partial charge in [0.15, 0.2) is 0 Å². The summed E-state index contributed by atoms with van der Waals surface area (Å²) in [4.78, 5) is 26.0. The normalized spacial score (nSPS) is 14.4. The number of sulfonamides is 1. The van der Waals surface area contributed by atoms with E-state index in [-0.39, 0.29) is 43.5 Å². The third-order valence-corrected chi connectivity index (χ3v) is 9.24. The largest absolute Gasteiger partial charge is 0.490 e. The minimum atomic E-state index is -3.91. The van der Waals surface area contributed by atoms with E-state index in [2.05, 4.69) is 4.72 Å². The topological polar surface area (TPSA) is 153 Å². The van der Waals surface area contributed by atoms with Crippen LogP contribution in [-0.2, 0) is 16.4 Å². The maximum Gasteiger partial charge on any atom is 0.407 e. The quantitative estimate of drug-likeness (QED) is 0.178. The number of rotatable bonds is 15. The van der Waals surface area contributed by atoms with Crippen molar-refractivity contribution >= 4 is 22.0 Å². The molecule has 3 aromatic rings. The van der Waals surface area contributed by atoms with Gasteiger partial charge in [0, 0.05) is 13.2 Å². The second kappa shape index (κ2) is 16.4. The standard InChI is InChI=1S/C34H42N2O8S/c37-21-8-22-45(42,43)35-33(39)30-19-18-28(23-32(30)44-29-12-5-2-6-13-29)26-16-14-25(15-17-26)9-7-20-36(34(40)41)24-31(38)27-10-3-1-4-11-27/h1,3-4,10-11,14-19,23,29,31,37-38H,2,5-9,12-13,20-22,24H2,(H,35,39)(H,40,41)/t31-/m0/s1. The summed E-state index contributed by atoms with van der Waals surface area (Å²) < 4.78 is 33.0. The van der Waals surface area contributed by atoms with Gasteiger partial charge < -0.3 is 25.0 Å². The van der Waals surface area contributed by atoms with E-state index in [9.17, 15) is 28.2 Å². The zero-order valence-corrected chi connectivity index (χ0v) is 26.1. The molecule has 1 fully saturated rings. The summed E-state index contributed by atoms with van der Waals surface area (Å²) in [6.45, 7) is -0.0213. The number of carbonyl (C=O) groups is 2. The van der Waals surface area contributed by atoms with E-state index in [0.29, 0.717) is 24.2 Å². The van der Waals surface area contributed by atoms with E-state index in [1.54, 1.807) is 42.5 Å². The number of amides is 2. The Morgan fingerprint density at radius 3 is 2.29 bits per heavy atom. The third kappa shape index (κ3) is 10.3. The molecule has 0 spiro atoms. The SMILES string of the molecule is O=C(NS(=O)(=O)CCCO)c1ccc(-c2ccc(CCCN(C[C@H](O)c3ccccc3)C(=O)O)cc2)cc1OC1CCCCC1. The highest BCUT2D eigenvalue weighted by Crippen LogP contribution is 2.31. The van der Waals surface area contributed by atoms with Crippen molar-refractivity contribution in [1.29, 1.82) is 0 Å². The number of nitrogens with zero attached hydrogens (tertiary/aromatic N) is 1. The molecule has 1 aliphatic rings. The predicted octanol–water partition coefficient (Wildman–Crippen LogP) is 5.15. The molecule has 1 saturated carbocycles. The second-order valence-corrected chi connectivity index (χ2v) is 13.2. The van der Waals surface area contributed by atoms with Crippen LogP contribution in [-0.4, -0.2) is 72.2 Å². The number of hydrogen-bond acceptors (Lipinski definition) is 7. The average molecular weight is 639 g/mol. The molecule has 3 aromatic carbocycles. The fourth-order valence-corrected chi connectivity index (χ4v) is 6.45. The van der Waals surface area contributed by atoms with Crippen LogP contribution in [0, 0.1) is 0 Å². The zero-order valence-electron chi connectivity index (χ0n) is 25.3. The van der Waals surface area contributed by atoms with Gasteiger partial charge in [-0.15, -0.1) is 0 Å². The first-order valence-electron chi connectivity index (χ1n) is 15.4. The lowest BCUT2D eigenvalue weighted by molar-refractivity contribution is 0.0961. The lowest BCUT2D eigenvalue weighted by Gasteiger charge is -2.24. The van der Waals surface area contributed by atoms with E-state index in [4.69, 9.17) is 9.84 Å². The highest BCUT2D eigenvalue weighted by Gasteiger charge is 2.23. The summed E-state index contributed by atoms with van der Waals surface area (Å²) in [5.41, 5.74) is 3.51. The highest BCUT2D eigenvalue weighted by atomic mass is 32.2. The first kappa shape index (κ1) is 34.0. The van der Waals surface area contributed by atoms with Crippen molar-refractivity contribution in [2.75, 3.05) is 25.4 Å².